The first-order valence-electron chi connectivity index (χ1n) is 8.60. The predicted molar refractivity (Wildman–Crippen MR) is 103 cm³/mol. The van der Waals surface area contributed by atoms with Crippen LogP contribution in [-0.4, -0.2) is 67.6 Å². The first-order chi connectivity index (χ1) is 12.8. The molecule has 0 aromatic heterocycles. The monoisotopic (exact) mass is 398 g/mol. The maximum absolute atomic E-state index is 12.1. The molecular formula is C18H26N2O6S. The van der Waals surface area contributed by atoms with Gasteiger partial charge >= 0.3 is 0 Å². The summed E-state index contributed by atoms with van der Waals surface area (Å²) in [4.78, 5) is 12.1. The highest BCUT2D eigenvalue weighted by molar-refractivity contribution is 7.80. The molecule has 0 bridgehead atoms. The number of amides is 1. The van der Waals surface area contributed by atoms with Gasteiger partial charge in [0.05, 0.1) is 33.0 Å². The molecule has 9 heteroatoms. The van der Waals surface area contributed by atoms with Gasteiger partial charge in [-0.1, -0.05) is 0 Å². The van der Waals surface area contributed by atoms with Crippen molar-refractivity contribution in [3.8, 4) is 5.75 Å². The van der Waals surface area contributed by atoms with Crippen molar-refractivity contribution in [1.82, 2.24) is 10.6 Å². The van der Waals surface area contributed by atoms with Crippen molar-refractivity contribution in [2.24, 2.45) is 0 Å². The largest absolute Gasteiger partial charge is 0.497 e. The Labute approximate surface area is 164 Å². The van der Waals surface area contributed by atoms with Crippen molar-refractivity contribution in [2.45, 2.75) is 31.8 Å². The third kappa shape index (κ3) is 7.39. The zero-order valence-corrected chi connectivity index (χ0v) is 16.5. The van der Waals surface area contributed by atoms with Gasteiger partial charge in [0.2, 0.25) is 0 Å². The second-order valence-corrected chi connectivity index (χ2v) is 6.94. The molecule has 1 fully saturated rings. The molecule has 0 unspecified atom stereocenters. The lowest BCUT2D eigenvalue weighted by atomic mass is 10.2. The third-order valence-electron chi connectivity index (χ3n) is 3.76. The summed E-state index contributed by atoms with van der Waals surface area (Å²) in [5.41, 5.74) is 0.450. The highest BCUT2D eigenvalue weighted by Gasteiger charge is 2.32. The summed E-state index contributed by atoms with van der Waals surface area (Å²) < 4.78 is 21.5. The molecule has 0 spiro atoms. The molecule has 1 saturated heterocycles. The van der Waals surface area contributed by atoms with Crippen LogP contribution in [0.5, 0.6) is 5.75 Å². The van der Waals surface area contributed by atoms with E-state index in [1.165, 1.54) is 0 Å². The molecule has 1 amide bonds. The Bertz CT molecular complexity index is 637. The number of methoxy groups -OCH3 is 1. The molecule has 1 aliphatic rings. The molecule has 150 valence electrons. The molecule has 2 atom stereocenters. The molecule has 2 rings (SSSR count). The highest BCUT2D eigenvalue weighted by Crippen LogP contribution is 2.22. The van der Waals surface area contributed by atoms with Crippen LogP contribution < -0.4 is 15.4 Å². The summed E-state index contributed by atoms with van der Waals surface area (Å²) in [6.07, 6.45) is -0.929. The van der Waals surface area contributed by atoms with Crippen molar-refractivity contribution in [3.05, 3.63) is 29.8 Å². The standard InChI is InChI=1S/C18H26N2O6S/c1-18(2)25-11-15(26-18)10-24-9-13(21)8-19-17(27)20-16(22)12-4-6-14(23-3)7-5-12/h4-7,13,15,21H,8-11H2,1-3H3,(H2,19,20,22,27)/t13-,15-/m1/s1. The fourth-order valence-electron chi connectivity index (χ4n) is 2.41. The van der Waals surface area contributed by atoms with Crippen LogP contribution in [0.1, 0.15) is 24.2 Å². The summed E-state index contributed by atoms with van der Waals surface area (Å²) >= 11 is 5.07. The zero-order valence-electron chi connectivity index (χ0n) is 15.7. The molecule has 0 radical (unpaired) electrons. The maximum Gasteiger partial charge on any atom is 0.257 e. The Morgan fingerprint density at radius 3 is 2.70 bits per heavy atom. The van der Waals surface area contributed by atoms with Crippen LogP contribution in [-0.2, 0) is 14.2 Å². The number of carbonyl (C=O) groups excluding carboxylic acids is 1. The average molecular weight is 398 g/mol. The van der Waals surface area contributed by atoms with Crippen LogP contribution in [0.4, 0.5) is 0 Å². The number of hydrogen-bond donors (Lipinski definition) is 3. The van der Waals surface area contributed by atoms with Crippen LogP contribution in [0.15, 0.2) is 24.3 Å². The Kier molecular flexibility index (Phi) is 7.93. The Balaban J connectivity index is 1.62. The van der Waals surface area contributed by atoms with E-state index in [0.29, 0.717) is 24.5 Å². The van der Waals surface area contributed by atoms with E-state index in [4.69, 9.17) is 31.2 Å². The fraction of sp³-hybridized carbons (Fsp3) is 0.556. The average Bonchev–Trinajstić information content (AvgIpc) is 2.98. The molecule has 1 aromatic rings. The highest BCUT2D eigenvalue weighted by atomic mass is 32.1. The van der Waals surface area contributed by atoms with Crippen molar-refractivity contribution in [3.63, 3.8) is 0 Å². The van der Waals surface area contributed by atoms with Gasteiger partial charge in [-0.25, -0.2) is 0 Å². The molecule has 0 saturated carbocycles. The number of nitrogens with one attached hydrogen (secondary N) is 2. The number of ether oxygens (including phenoxy) is 4. The molecule has 0 aliphatic carbocycles. The van der Waals surface area contributed by atoms with Crippen LogP contribution in [0.3, 0.4) is 0 Å². The molecular weight excluding hydrogens is 372 g/mol. The van der Waals surface area contributed by atoms with Gasteiger partial charge < -0.3 is 29.4 Å². The summed E-state index contributed by atoms with van der Waals surface area (Å²) in [6, 6.07) is 6.64. The first-order valence-corrected chi connectivity index (χ1v) is 9.00. The number of rotatable bonds is 8. The lowest BCUT2D eigenvalue weighted by Crippen LogP contribution is -2.43. The fourth-order valence-corrected chi connectivity index (χ4v) is 2.59. The summed E-state index contributed by atoms with van der Waals surface area (Å²) in [5, 5.41) is 15.4. The van der Waals surface area contributed by atoms with Gasteiger partial charge in [0.1, 0.15) is 11.9 Å². The van der Waals surface area contributed by atoms with E-state index in [9.17, 15) is 9.90 Å². The normalized spacial score (nSPS) is 19.3. The van der Waals surface area contributed by atoms with E-state index in [1.54, 1.807) is 31.4 Å². The number of aliphatic hydroxyl groups excluding tert-OH is 1. The van der Waals surface area contributed by atoms with E-state index in [-0.39, 0.29) is 30.3 Å². The Morgan fingerprint density at radius 1 is 1.41 bits per heavy atom. The van der Waals surface area contributed by atoms with E-state index >= 15 is 0 Å². The van der Waals surface area contributed by atoms with Crippen molar-refractivity contribution in [1.29, 1.82) is 0 Å². The predicted octanol–water partition coefficient (Wildman–Crippen LogP) is 0.829. The second-order valence-electron chi connectivity index (χ2n) is 6.53. The van der Waals surface area contributed by atoms with Crippen molar-refractivity contribution in [2.75, 3.05) is 33.5 Å². The van der Waals surface area contributed by atoms with Crippen LogP contribution in [0, 0.1) is 0 Å². The van der Waals surface area contributed by atoms with Crippen molar-refractivity contribution >= 4 is 23.2 Å². The summed E-state index contributed by atoms with van der Waals surface area (Å²) in [5.74, 6) is -0.280. The van der Waals surface area contributed by atoms with Gasteiger partial charge in [-0.15, -0.1) is 0 Å². The number of thiocarbonyl (C=S) groups is 1. The second kappa shape index (κ2) is 9.95. The summed E-state index contributed by atoms with van der Waals surface area (Å²) in [6.45, 7) is 4.74. The van der Waals surface area contributed by atoms with Gasteiger partial charge in [0.25, 0.3) is 5.91 Å². The molecule has 3 N–H and O–H groups in total. The van der Waals surface area contributed by atoms with Crippen LogP contribution >= 0.6 is 12.2 Å². The minimum atomic E-state index is -0.781. The van der Waals surface area contributed by atoms with Gasteiger partial charge in [0.15, 0.2) is 10.9 Å². The Hall–Kier alpha value is -1.78. The quantitative estimate of drug-likeness (QED) is 0.554. The smallest absolute Gasteiger partial charge is 0.257 e. The van der Waals surface area contributed by atoms with Crippen molar-refractivity contribution < 1.29 is 28.8 Å². The van der Waals surface area contributed by atoms with E-state index in [0.717, 1.165) is 0 Å². The lowest BCUT2D eigenvalue weighted by Gasteiger charge is -2.18. The van der Waals surface area contributed by atoms with E-state index in [1.807, 2.05) is 13.8 Å². The van der Waals surface area contributed by atoms with Gasteiger partial charge in [-0.2, -0.15) is 0 Å². The number of benzene rings is 1. The minimum Gasteiger partial charge on any atom is -0.497 e. The van der Waals surface area contributed by atoms with Gasteiger partial charge in [-0.3, -0.25) is 10.1 Å². The van der Waals surface area contributed by atoms with Crippen LogP contribution in [0.25, 0.3) is 0 Å². The molecule has 1 heterocycles. The summed E-state index contributed by atoms with van der Waals surface area (Å²) in [7, 11) is 1.55. The van der Waals surface area contributed by atoms with Gasteiger partial charge in [0, 0.05) is 12.1 Å². The number of carbonyl (C=O) groups is 1. The molecule has 1 aliphatic heterocycles. The zero-order chi connectivity index (χ0) is 19.9. The van der Waals surface area contributed by atoms with E-state index < -0.39 is 11.9 Å². The number of aliphatic hydroxyl groups is 1. The van der Waals surface area contributed by atoms with Crippen LogP contribution in [0.2, 0.25) is 0 Å². The number of hydrogen-bond acceptors (Lipinski definition) is 7. The molecule has 27 heavy (non-hydrogen) atoms. The topological polar surface area (TPSA) is 98.3 Å². The SMILES string of the molecule is COc1ccc(C(=O)NC(=S)NC[C@@H](O)COC[C@@H]2COC(C)(C)O2)cc1. The first kappa shape index (κ1) is 21.5. The lowest BCUT2D eigenvalue weighted by molar-refractivity contribution is -0.146. The third-order valence-corrected chi connectivity index (χ3v) is 4.01. The molecule has 1 aromatic carbocycles. The minimum absolute atomic E-state index is 0.113. The van der Waals surface area contributed by atoms with E-state index in [2.05, 4.69) is 10.6 Å². The maximum atomic E-state index is 12.1. The molecule has 8 nitrogen and oxygen atoms in total. The van der Waals surface area contributed by atoms with Gasteiger partial charge in [-0.05, 0) is 50.3 Å². The Morgan fingerprint density at radius 2 is 2.11 bits per heavy atom.